The van der Waals surface area contributed by atoms with Gasteiger partial charge in [-0.2, -0.15) is 0 Å². The Labute approximate surface area is 134 Å². The number of rotatable bonds is 2. The lowest BCUT2D eigenvalue weighted by Gasteiger charge is -2.41. The van der Waals surface area contributed by atoms with Crippen LogP contribution in [0.4, 0.5) is 0 Å². The fourth-order valence-electron chi connectivity index (χ4n) is 5.88. The summed E-state index contributed by atoms with van der Waals surface area (Å²) >= 11 is 0. The standard InChI is InChI=1S/C21H27N/c1-2-4-20-17(3-1)7-8-21(20)9-11-22(12-10-21)15-19-14-16-5-6-18(19)13-16/h1-6,16,18-19H,7-15H2/t16-,18+,19+/m0/s1. The fraction of sp³-hybridized carbons (Fsp3) is 0.619. The van der Waals surface area contributed by atoms with Crippen molar-refractivity contribution in [3.63, 3.8) is 0 Å². The zero-order valence-corrected chi connectivity index (χ0v) is 13.5. The minimum absolute atomic E-state index is 0.529. The third-order valence-electron chi connectivity index (χ3n) is 7.18. The summed E-state index contributed by atoms with van der Waals surface area (Å²) in [5.41, 5.74) is 3.86. The number of likely N-dealkylation sites (tertiary alicyclic amines) is 1. The summed E-state index contributed by atoms with van der Waals surface area (Å²) in [6.07, 6.45) is 13.4. The molecule has 1 aromatic rings. The van der Waals surface area contributed by atoms with Crippen molar-refractivity contribution in [2.75, 3.05) is 19.6 Å². The van der Waals surface area contributed by atoms with E-state index in [1.54, 1.807) is 11.1 Å². The van der Waals surface area contributed by atoms with Crippen LogP contribution >= 0.6 is 0 Å². The van der Waals surface area contributed by atoms with Crippen molar-refractivity contribution in [2.45, 2.75) is 43.9 Å². The van der Waals surface area contributed by atoms with Gasteiger partial charge in [0.1, 0.15) is 0 Å². The molecular weight excluding hydrogens is 266 g/mol. The number of allylic oxidation sites excluding steroid dienone is 2. The molecule has 0 aromatic heterocycles. The second-order valence-electron chi connectivity index (χ2n) is 8.28. The molecule has 1 heterocycles. The largest absolute Gasteiger partial charge is 0.303 e. The van der Waals surface area contributed by atoms with Gasteiger partial charge in [0.2, 0.25) is 0 Å². The van der Waals surface area contributed by atoms with E-state index in [2.05, 4.69) is 41.3 Å². The van der Waals surface area contributed by atoms with E-state index in [0.29, 0.717) is 5.41 Å². The average Bonchev–Trinajstić information content (AvgIpc) is 3.25. The highest BCUT2D eigenvalue weighted by atomic mass is 15.1. The highest BCUT2D eigenvalue weighted by Gasteiger charge is 2.42. The van der Waals surface area contributed by atoms with Crippen LogP contribution in [0, 0.1) is 17.8 Å². The van der Waals surface area contributed by atoms with Crippen LogP contribution in [-0.4, -0.2) is 24.5 Å². The van der Waals surface area contributed by atoms with Gasteiger partial charge in [-0.25, -0.2) is 0 Å². The monoisotopic (exact) mass is 293 g/mol. The molecule has 3 atom stereocenters. The van der Waals surface area contributed by atoms with Crippen LogP contribution in [0.3, 0.4) is 0 Å². The van der Waals surface area contributed by atoms with E-state index < -0.39 is 0 Å². The van der Waals surface area contributed by atoms with Gasteiger partial charge in [-0.15, -0.1) is 0 Å². The molecule has 0 amide bonds. The van der Waals surface area contributed by atoms with Gasteiger partial charge in [-0.05, 0) is 85.9 Å². The van der Waals surface area contributed by atoms with E-state index in [4.69, 9.17) is 0 Å². The van der Waals surface area contributed by atoms with E-state index in [0.717, 1.165) is 17.8 Å². The second-order valence-corrected chi connectivity index (χ2v) is 8.28. The summed E-state index contributed by atoms with van der Waals surface area (Å²) in [5.74, 6) is 2.79. The summed E-state index contributed by atoms with van der Waals surface area (Å²) in [4.78, 5) is 2.78. The zero-order valence-electron chi connectivity index (χ0n) is 13.5. The third-order valence-corrected chi connectivity index (χ3v) is 7.18. The number of piperidine rings is 1. The Bertz CT molecular complexity index is 594. The number of fused-ring (bicyclic) bond motifs is 4. The van der Waals surface area contributed by atoms with Crippen LogP contribution in [0.25, 0.3) is 0 Å². The molecule has 22 heavy (non-hydrogen) atoms. The van der Waals surface area contributed by atoms with Crippen molar-refractivity contribution in [1.82, 2.24) is 4.90 Å². The van der Waals surface area contributed by atoms with Crippen LogP contribution in [-0.2, 0) is 11.8 Å². The number of hydrogen-bond acceptors (Lipinski definition) is 1. The molecule has 0 unspecified atom stereocenters. The number of benzene rings is 1. The normalized spacial score (nSPS) is 35.4. The third kappa shape index (κ3) is 2.01. The number of nitrogens with zero attached hydrogens (tertiary/aromatic N) is 1. The highest BCUT2D eigenvalue weighted by Crippen LogP contribution is 2.47. The van der Waals surface area contributed by atoms with Gasteiger partial charge >= 0.3 is 0 Å². The summed E-state index contributed by atoms with van der Waals surface area (Å²) in [6.45, 7) is 4.01. The van der Waals surface area contributed by atoms with E-state index in [1.807, 2.05) is 0 Å². The Kier molecular flexibility index (Phi) is 3.01. The van der Waals surface area contributed by atoms with Gasteiger partial charge in [0, 0.05) is 6.54 Å². The molecule has 1 saturated heterocycles. The first kappa shape index (κ1) is 13.4. The molecule has 0 radical (unpaired) electrons. The Morgan fingerprint density at radius 2 is 1.86 bits per heavy atom. The molecule has 1 aromatic carbocycles. The van der Waals surface area contributed by atoms with Crippen molar-refractivity contribution in [2.24, 2.45) is 17.8 Å². The molecule has 2 bridgehead atoms. The lowest BCUT2D eigenvalue weighted by atomic mass is 9.73. The summed E-state index contributed by atoms with van der Waals surface area (Å²) in [7, 11) is 0. The van der Waals surface area contributed by atoms with Gasteiger partial charge < -0.3 is 4.90 Å². The van der Waals surface area contributed by atoms with Crippen molar-refractivity contribution in [3.05, 3.63) is 47.5 Å². The molecule has 2 fully saturated rings. The average molecular weight is 293 g/mol. The maximum Gasteiger partial charge on any atom is 0.00155 e. The molecule has 5 rings (SSSR count). The molecular formula is C21H27N. The second kappa shape index (κ2) is 4.96. The lowest BCUT2D eigenvalue weighted by molar-refractivity contribution is 0.133. The van der Waals surface area contributed by atoms with Crippen molar-refractivity contribution >= 4 is 0 Å². The van der Waals surface area contributed by atoms with Crippen LogP contribution in [0.15, 0.2) is 36.4 Å². The lowest BCUT2D eigenvalue weighted by Crippen LogP contribution is -2.43. The predicted octanol–water partition coefficient (Wildman–Crippen LogP) is 4.18. The first-order chi connectivity index (χ1) is 10.8. The smallest absolute Gasteiger partial charge is 0.00155 e. The Hall–Kier alpha value is -1.08. The minimum Gasteiger partial charge on any atom is -0.303 e. The van der Waals surface area contributed by atoms with E-state index in [1.165, 1.54) is 58.2 Å². The van der Waals surface area contributed by atoms with Crippen molar-refractivity contribution in [3.8, 4) is 0 Å². The van der Waals surface area contributed by atoms with E-state index in [9.17, 15) is 0 Å². The molecule has 116 valence electrons. The van der Waals surface area contributed by atoms with Crippen LogP contribution < -0.4 is 0 Å². The number of hydrogen-bond donors (Lipinski definition) is 0. The molecule has 3 aliphatic carbocycles. The maximum absolute atomic E-state index is 2.78. The Morgan fingerprint density at radius 1 is 1.00 bits per heavy atom. The van der Waals surface area contributed by atoms with Gasteiger partial charge in [0.15, 0.2) is 0 Å². The number of aryl methyl sites for hydroxylation is 1. The summed E-state index contributed by atoms with van der Waals surface area (Å²) < 4.78 is 0. The first-order valence-corrected chi connectivity index (χ1v) is 9.31. The zero-order chi connectivity index (χ0) is 14.6. The van der Waals surface area contributed by atoms with Gasteiger partial charge in [0.25, 0.3) is 0 Å². The molecule has 1 nitrogen and oxygen atoms in total. The minimum atomic E-state index is 0.529. The van der Waals surface area contributed by atoms with Crippen LogP contribution in [0.2, 0.25) is 0 Å². The molecule has 1 heteroatoms. The van der Waals surface area contributed by atoms with Crippen LogP contribution in [0.1, 0.15) is 43.2 Å². The SMILES string of the molecule is C1=C[C@@H]2C[C@H]1C[C@@H]2CN1CCC2(CCc3ccccc32)CC1. The van der Waals surface area contributed by atoms with Gasteiger partial charge in [-0.3, -0.25) is 0 Å². The van der Waals surface area contributed by atoms with E-state index in [-0.39, 0.29) is 0 Å². The van der Waals surface area contributed by atoms with Gasteiger partial charge in [0.05, 0.1) is 0 Å². The molecule has 1 spiro atoms. The quantitative estimate of drug-likeness (QED) is 0.739. The van der Waals surface area contributed by atoms with Crippen molar-refractivity contribution < 1.29 is 0 Å². The van der Waals surface area contributed by atoms with Gasteiger partial charge in [-0.1, -0.05) is 36.4 Å². The summed E-state index contributed by atoms with van der Waals surface area (Å²) in [6, 6.07) is 9.24. The Balaban J connectivity index is 1.25. The fourth-order valence-corrected chi connectivity index (χ4v) is 5.88. The molecule has 0 N–H and O–H groups in total. The molecule has 1 aliphatic heterocycles. The van der Waals surface area contributed by atoms with Crippen LogP contribution in [0.5, 0.6) is 0 Å². The Morgan fingerprint density at radius 3 is 2.64 bits per heavy atom. The van der Waals surface area contributed by atoms with Crippen molar-refractivity contribution in [1.29, 1.82) is 0 Å². The predicted molar refractivity (Wildman–Crippen MR) is 91.0 cm³/mol. The maximum atomic E-state index is 2.78. The first-order valence-electron chi connectivity index (χ1n) is 9.31. The highest BCUT2D eigenvalue weighted by molar-refractivity contribution is 5.39. The summed E-state index contributed by atoms with van der Waals surface area (Å²) in [5, 5.41) is 0. The van der Waals surface area contributed by atoms with E-state index >= 15 is 0 Å². The molecule has 1 saturated carbocycles. The topological polar surface area (TPSA) is 3.24 Å². The molecule has 4 aliphatic rings.